The zero-order valence-electron chi connectivity index (χ0n) is 12.6. The van der Waals surface area contributed by atoms with Gasteiger partial charge in [-0.3, -0.25) is 10.1 Å². The van der Waals surface area contributed by atoms with Crippen molar-refractivity contribution < 1.29 is 26.7 Å². The number of nitrogens with one attached hydrogen (secondary N) is 1. The van der Waals surface area contributed by atoms with Crippen molar-refractivity contribution in [1.29, 1.82) is 0 Å². The molecule has 0 spiro atoms. The van der Waals surface area contributed by atoms with Crippen LogP contribution in [-0.4, -0.2) is 47.4 Å². The van der Waals surface area contributed by atoms with Crippen LogP contribution in [-0.2, 0) is 11.0 Å². The molecule has 24 heavy (non-hydrogen) atoms. The van der Waals surface area contributed by atoms with Crippen LogP contribution in [0.4, 0.5) is 22.0 Å². The molecule has 1 amide bonds. The van der Waals surface area contributed by atoms with Crippen LogP contribution < -0.4 is 5.32 Å². The second kappa shape index (κ2) is 6.21. The lowest BCUT2D eigenvalue weighted by molar-refractivity contribution is -0.141. The molecule has 0 bridgehead atoms. The van der Waals surface area contributed by atoms with Gasteiger partial charge >= 0.3 is 6.18 Å². The van der Waals surface area contributed by atoms with Crippen molar-refractivity contribution in [3.8, 4) is 0 Å². The molecule has 1 aromatic heterocycles. The molecule has 2 atom stereocenters. The van der Waals surface area contributed by atoms with E-state index in [4.69, 9.17) is 0 Å². The minimum atomic E-state index is -4.49. The maximum absolute atomic E-state index is 13.2. The van der Waals surface area contributed by atoms with E-state index in [0.29, 0.717) is 24.4 Å². The standard InChI is InChI=1S/C14H16F5N3OS/c15-13(16)4-9(20-7-13)12(23)22-3-1-2-8(5-22)11-21-10(6-24-11)14(17,18)19/h6,8-9,20H,1-5,7H2. The van der Waals surface area contributed by atoms with Gasteiger partial charge < -0.3 is 4.90 Å². The summed E-state index contributed by atoms with van der Waals surface area (Å²) in [5.74, 6) is -3.60. The fourth-order valence-electron chi connectivity index (χ4n) is 3.09. The highest BCUT2D eigenvalue weighted by atomic mass is 32.1. The highest BCUT2D eigenvalue weighted by Gasteiger charge is 2.44. The molecule has 2 unspecified atom stereocenters. The first kappa shape index (κ1) is 17.5. The summed E-state index contributed by atoms with van der Waals surface area (Å²) in [6.45, 7) is 0.117. The summed E-state index contributed by atoms with van der Waals surface area (Å²) in [5.41, 5.74) is -0.928. The summed E-state index contributed by atoms with van der Waals surface area (Å²) in [6.07, 6.45) is -3.79. The number of rotatable bonds is 2. The average molecular weight is 369 g/mol. The highest BCUT2D eigenvalue weighted by molar-refractivity contribution is 7.09. The monoisotopic (exact) mass is 369 g/mol. The third-order valence-electron chi connectivity index (χ3n) is 4.30. The van der Waals surface area contributed by atoms with Gasteiger partial charge in [-0.15, -0.1) is 11.3 Å². The van der Waals surface area contributed by atoms with E-state index >= 15 is 0 Å². The van der Waals surface area contributed by atoms with E-state index < -0.39 is 42.7 Å². The van der Waals surface area contributed by atoms with Crippen LogP contribution in [0.3, 0.4) is 0 Å². The van der Waals surface area contributed by atoms with Gasteiger partial charge in [-0.25, -0.2) is 13.8 Å². The number of carbonyl (C=O) groups is 1. The number of thiazole rings is 1. The Bertz CT molecular complexity index is 618. The second-order valence-corrected chi connectivity index (χ2v) is 7.08. The Hall–Kier alpha value is -1.29. The van der Waals surface area contributed by atoms with Crippen LogP contribution in [0.15, 0.2) is 5.38 Å². The van der Waals surface area contributed by atoms with Gasteiger partial charge in [0.1, 0.15) is 0 Å². The highest BCUT2D eigenvalue weighted by Crippen LogP contribution is 2.35. The van der Waals surface area contributed by atoms with E-state index in [1.54, 1.807) is 0 Å². The molecule has 0 radical (unpaired) electrons. The molecule has 0 saturated carbocycles. The van der Waals surface area contributed by atoms with E-state index in [0.717, 1.165) is 16.7 Å². The number of halogens is 5. The predicted molar refractivity (Wildman–Crippen MR) is 77.0 cm³/mol. The van der Waals surface area contributed by atoms with Crippen LogP contribution >= 0.6 is 11.3 Å². The zero-order valence-corrected chi connectivity index (χ0v) is 13.4. The van der Waals surface area contributed by atoms with E-state index in [1.807, 2.05) is 0 Å². The minimum Gasteiger partial charge on any atom is -0.341 e. The Morgan fingerprint density at radius 1 is 1.42 bits per heavy atom. The van der Waals surface area contributed by atoms with Gasteiger partial charge in [0.05, 0.1) is 17.6 Å². The average Bonchev–Trinajstić information content (AvgIpc) is 3.13. The predicted octanol–water partition coefficient (Wildman–Crippen LogP) is 2.87. The maximum atomic E-state index is 13.2. The van der Waals surface area contributed by atoms with Crippen LogP contribution in [0.25, 0.3) is 0 Å². The third-order valence-corrected chi connectivity index (χ3v) is 5.31. The van der Waals surface area contributed by atoms with Crippen molar-refractivity contribution in [3.05, 3.63) is 16.1 Å². The van der Waals surface area contributed by atoms with Gasteiger partial charge in [0.2, 0.25) is 5.91 Å². The Balaban J connectivity index is 1.66. The van der Waals surface area contributed by atoms with Gasteiger partial charge in [-0.2, -0.15) is 13.2 Å². The Morgan fingerprint density at radius 3 is 2.75 bits per heavy atom. The summed E-state index contributed by atoms with van der Waals surface area (Å²) in [7, 11) is 0. The fraction of sp³-hybridized carbons (Fsp3) is 0.714. The topological polar surface area (TPSA) is 45.2 Å². The molecule has 2 aliphatic rings. The quantitative estimate of drug-likeness (QED) is 0.816. The number of hydrogen-bond donors (Lipinski definition) is 1. The van der Waals surface area contributed by atoms with Gasteiger partial charge in [-0.05, 0) is 12.8 Å². The first-order valence-electron chi connectivity index (χ1n) is 7.58. The molecule has 2 aliphatic heterocycles. The fourth-order valence-corrected chi connectivity index (χ4v) is 4.05. The number of amides is 1. The van der Waals surface area contributed by atoms with Crippen molar-refractivity contribution in [2.75, 3.05) is 19.6 Å². The van der Waals surface area contributed by atoms with Gasteiger partial charge in [0.25, 0.3) is 5.92 Å². The summed E-state index contributed by atoms with van der Waals surface area (Å²) in [4.78, 5) is 17.5. The van der Waals surface area contributed by atoms with Crippen LogP contribution in [0.2, 0.25) is 0 Å². The largest absolute Gasteiger partial charge is 0.434 e. The molecule has 134 valence electrons. The van der Waals surface area contributed by atoms with Crippen molar-refractivity contribution >= 4 is 17.2 Å². The second-order valence-electron chi connectivity index (χ2n) is 6.19. The van der Waals surface area contributed by atoms with E-state index in [-0.39, 0.29) is 12.5 Å². The number of alkyl halides is 5. The lowest BCUT2D eigenvalue weighted by atomic mass is 9.98. The van der Waals surface area contributed by atoms with Crippen molar-refractivity contribution in [1.82, 2.24) is 15.2 Å². The smallest absolute Gasteiger partial charge is 0.341 e. The van der Waals surface area contributed by atoms with E-state index in [2.05, 4.69) is 10.3 Å². The van der Waals surface area contributed by atoms with Crippen LogP contribution in [0.5, 0.6) is 0 Å². The van der Waals surface area contributed by atoms with E-state index in [9.17, 15) is 26.7 Å². The third kappa shape index (κ3) is 3.69. The normalized spacial score (nSPS) is 27.5. The molecule has 1 N–H and O–H groups in total. The maximum Gasteiger partial charge on any atom is 0.434 e. The molecule has 0 aliphatic carbocycles. The summed E-state index contributed by atoms with van der Waals surface area (Å²) in [6, 6.07) is -0.930. The number of piperidine rings is 1. The SMILES string of the molecule is O=C(C1CC(F)(F)CN1)N1CCCC(c2nc(C(F)(F)F)cs2)C1. The molecule has 10 heteroatoms. The molecule has 0 aromatic carbocycles. The van der Waals surface area contributed by atoms with E-state index in [1.165, 1.54) is 4.90 Å². The van der Waals surface area contributed by atoms with Crippen molar-refractivity contribution in [2.45, 2.75) is 43.3 Å². The molecular weight excluding hydrogens is 353 g/mol. The molecule has 2 fully saturated rings. The number of aromatic nitrogens is 1. The van der Waals surface area contributed by atoms with Crippen LogP contribution in [0.1, 0.15) is 35.9 Å². The summed E-state index contributed by atoms with van der Waals surface area (Å²) in [5, 5.41) is 3.82. The number of hydrogen-bond acceptors (Lipinski definition) is 4. The lowest BCUT2D eigenvalue weighted by Gasteiger charge is -2.33. The van der Waals surface area contributed by atoms with Gasteiger partial charge in [-0.1, -0.05) is 0 Å². The summed E-state index contributed by atoms with van der Waals surface area (Å²) >= 11 is 0.924. The van der Waals surface area contributed by atoms with Crippen molar-refractivity contribution in [3.63, 3.8) is 0 Å². The molecular formula is C14H16F5N3OS. The number of nitrogens with zero attached hydrogens (tertiary/aromatic N) is 2. The molecule has 3 rings (SSSR count). The minimum absolute atomic E-state index is 0.216. The zero-order chi connectivity index (χ0) is 17.5. The van der Waals surface area contributed by atoms with Gasteiger partial charge in [0.15, 0.2) is 5.69 Å². The first-order chi connectivity index (χ1) is 11.2. The lowest BCUT2D eigenvalue weighted by Crippen LogP contribution is -2.47. The van der Waals surface area contributed by atoms with Crippen molar-refractivity contribution in [2.24, 2.45) is 0 Å². The first-order valence-corrected chi connectivity index (χ1v) is 8.46. The summed E-state index contributed by atoms with van der Waals surface area (Å²) < 4.78 is 64.4. The number of likely N-dealkylation sites (tertiary alicyclic amines) is 1. The van der Waals surface area contributed by atoms with Gasteiger partial charge in [0, 0.05) is 30.8 Å². The molecule has 1 aromatic rings. The van der Waals surface area contributed by atoms with Crippen LogP contribution in [0, 0.1) is 0 Å². The molecule has 2 saturated heterocycles. The Kier molecular flexibility index (Phi) is 4.54. The number of carbonyl (C=O) groups excluding carboxylic acids is 1. The molecule has 4 nitrogen and oxygen atoms in total. The molecule has 3 heterocycles. The Morgan fingerprint density at radius 2 is 2.17 bits per heavy atom. The Labute approximate surface area is 139 Å².